The van der Waals surface area contributed by atoms with Crippen LogP contribution >= 0.6 is 11.3 Å². The maximum atomic E-state index is 6.16. The second kappa shape index (κ2) is 7.59. The van der Waals surface area contributed by atoms with Crippen LogP contribution in [0.2, 0.25) is 0 Å². The van der Waals surface area contributed by atoms with E-state index in [0.717, 1.165) is 11.3 Å². The molecule has 0 bridgehead atoms. The number of rotatable bonds is 5. The molecule has 0 aliphatic carbocycles. The van der Waals surface area contributed by atoms with Crippen LogP contribution < -0.4 is 4.74 Å². The van der Waals surface area contributed by atoms with Crippen LogP contribution in [0.1, 0.15) is 11.1 Å². The Balaban J connectivity index is 1.67. The van der Waals surface area contributed by atoms with Crippen LogP contribution in [0.3, 0.4) is 0 Å². The summed E-state index contributed by atoms with van der Waals surface area (Å²) in [6.07, 6.45) is 0. The molecule has 4 aromatic rings. The van der Waals surface area contributed by atoms with E-state index in [0.29, 0.717) is 6.61 Å². The normalized spacial score (nSPS) is 10.7. The fourth-order valence-corrected chi connectivity index (χ4v) is 3.92. The average Bonchev–Trinajstić information content (AvgIpc) is 3.17. The molecule has 0 radical (unpaired) electrons. The monoisotopic (exact) mass is 356 g/mol. The SMILES string of the molecule is Cc1ccc(-c2sccc2-c2ccccc2OCc2ccccc2)cc1. The van der Waals surface area contributed by atoms with E-state index in [-0.39, 0.29) is 0 Å². The van der Waals surface area contributed by atoms with E-state index in [2.05, 4.69) is 73.0 Å². The van der Waals surface area contributed by atoms with Gasteiger partial charge in [0, 0.05) is 16.0 Å². The van der Waals surface area contributed by atoms with Gasteiger partial charge >= 0.3 is 0 Å². The fraction of sp³-hybridized carbons (Fsp3) is 0.0833. The maximum absolute atomic E-state index is 6.16. The van der Waals surface area contributed by atoms with Gasteiger partial charge < -0.3 is 4.74 Å². The third-order valence-corrected chi connectivity index (χ3v) is 5.36. The van der Waals surface area contributed by atoms with Gasteiger partial charge in [-0.1, -0.05) is 78.4 Å². The number of aryl methyl sites for hydroxylation is 1. The van der Waals surface area contributed by atoms with Crippen LogP contribution in [0.15, 0.2) is 90.3 Å². The maximum Gasteiger partial charge on any atom is 0.127 e. The molecule has 26 heavy (non-hydrogen) atoms. The Morgan fingerprint density at radius 2 is 1.46 bits per heavy atom. The molecule has 0 N–H and O–H groups in total. The molecule has 0 aliphatic heterocycles. The summed E-state index contributed by atoms with van der Waals surface area (Å²) in [5.74, 6) is 0.920. The number of ether oxygens (including phenoxy) is 1. The second-order valence-corrected chi connectivity index (χ2v) is 7.22. The lowest BCUT2D eigenvalue weighted by Crippen LogP contribution is -1.96. The Kier molecular flexibility index (Phi) is 4.85. The lowest BCUT2D eigenvalue weighted by Gasteiger charge is -2.12. The summed E-state index contributed by atoms with van der Waals surface area (Å²) in [5, 5.41) is 2.15. The van der Waals surface area contributed by atoms with Crippen LogP contribution in [-0.2, 0) is 6.61 Å². The second-order valence-electron chi connectivity index (χ2n) is 6.30. The summed E-state index contributed by atoms with van der Waals surface area (Å²) in [6, 6.07) is 29.5. The van der Waals surface area contributed by atoms with Gasteiger partial charge in [0.2, 0.25) is 0 Å². The molecule has 0 unspecified atom stereocenters. The predicted molar refractivity (Wildman–Crippen MR) is 111 cm³/mol. The van der Waals surface area contributed by atoms with Gasteiger partial charge in [0.1, 0.15) is 12.4 Å². The van der Waals surface area contributed by atoms with Crippen LogP contribution in [0.4, 0.5) is 0 Å². The van der Waals surface area contributed by atoms with E-state index in [1.165, 1.54) is 27.1 Å². The molecule has 1 nitrogen and oxygen atoms in total. The van der Waals surface area contributed by atoms with Crippen LogP contribution in [0.25, 0.3) is 21.6 Å². The van der Waals surface area contributed by atoms with Crippen molar-refractivity contribution in [2.45, 2.75) is 13.5 Å². The first kappa shape index (κ1) is 16.6. The molecule has 1 aromatic heterocycles. The third kappa shape index (κ3) is 3.56. The van der Waals surface area contributed by atoms with E-state index >= 15 is 0 Å². The highest BCUT2D eigenvalue weighted by Gasteiger charge is 2.13. The van der Waals surface area contributed by atoms with E-state index in [1.54, 1.807) is 11.3 Å². The van der Waals surface area contributed by atoms with Crippen molar-refractivity contribution in [1.29, 1.82) is 0 Å². The molecular formula is C24H20OS. The summed E-state index contributed by atoms with van der Waals surface area (Å²) in [5.41, 5.74) is 6.06. The van der Waals surface area contributed by atoms with Crippen molar-refractivity contribution in [2.24, 2.45) is 0 Å². The van der Waals surface area contributed by atoms with Gasteiger partial charge in [-0.25, -0.2) is 0 Å². The van der Waals surface area contributed by atoms with Gasteiger partial charge in [-0.05, 0) is 35.6 Å². The summed E-state index contributed by atoms with van der Waals surface area (Å²) in [6.45, 7) is 2.69. The number of hydrogen-bond acceptors (Lipinski definition) is 2. The minimum atomic E-state index is 0.571. The Morgan fingerprint density at radius 1 is 0.731 bits per heavy atom. The number of para-hydroxylation sites is 1. The zero-order chi connectivity index (χ0) is 17.8. The van der Waals surface area contributed by atoms with Gasteiger partial charge in [0.25, 0.3) is 0 Å². The fourth-order valence-electron chi connectivity index (χ4n) is 3.00. The van der Waals surface area contributed by atoms with E-state index < -0.39 is 0 Å². The molecule has 0 saturated heterocycles. The zero-order valence-electron chi connectivity index (χ0n) is 14.7. The van der Waals surface area contributed by atoms with Crippen molar-refractivity contribution in [3.05, 3.63) is 101 Å². The lowest BCUT2D eigenvalue weighted by molar-refractivity contribution is 0.307. The lowest BCUT2D eigenvalue weighted by atomic mass is 10.0. The average molecular weight is 356 g/mol. The molecule has 128 valence electrons. The summed E-state index contributed by atoms with van der Waals surface area (Å²) in [7, 11) is 0. The Morgan fingerprint density at radius 3 is 2.27 bits per heavy atom. The van der Waals surface area contributed by atoms with Crippen molar-refractivity contribution >= 4 is 11.3 Å². The Bertz CT molecular complexity index is 984. The standard InChI is InChI=1S/C24H20OS/c1-18-11-13-20(14-12-18)24-22(15-16-26-24)21-9-5-6-10-23(21)25-17-19-7-3-2-4-8-19/h2-16H,17H2,1H3. The van der Waals surface area contributed by atoms with Crippen molar-refractivity contribution in [1.82, 2.24) is 0 Å². The largest absolute Gasteiger partial charge is 0.488 e. The zero-order valence-corrected chi connectivity index (χ0v) is 15.5. The molecule has 3 aromatic carbocycles. The van der Waals surface area contributed by atoms with Gasteiger partial charge in [0.05, 0.1) is 0 Å². The van der Waals surface area contributed by atoms with E-state index in [9.17, 15) is 0 Å². The highest BCUT2D eigenvalue weighted by atomic mass is 32.1. The first-order valence-corrected chi connectivity index (χ1v) is 9.60. The van der Waals surface area contributed by atoms with E-state index in [1.807, 2.05) is 24.3 Å². The molecule has 4 rings (SSSR count). The first-order chi connectivity index (χ1) is 12.8. The van der Waals surface area contributed by atoms with Crippen molar-refractivity contribution < 1.29 is 4.74 Å². The predicted octanol–water partition coefficient (Wildman–Crippen LogP) is 6.97. The van der Waals surface area contributed by atoms with Crippen molar-refractivity contribution in [3.8, 4) is 27.3 Å². The third-order valence-electron chi connectivity index (χ3n) is 4.39. The van der Waals surface area contributed by atoms with Gasteiger partial charge in [-0.15, -0.1) is 11.3 Å². The molecule has 0 aliphatic rings. The summed E-state index contributed by atoms with van der Waals surface area (Å²) in [4.78, 5) is 1.28. The van der Waals surface area contributed by atoms with Crippen LogP contribution in [0.5, 0.6) is 5.75 Å². The quantitative estimate of drug-likeness (QED) is 0.375. The number of benzene rings is 3. The van der Waals surface area contributed by atoms with Gasteiger partial charge in [-0.3, -0.25) is 0 Å². The smallest absolute Gasteiger partial charge is 0.127 e. The highest BCUT2D eigenvalue weighted by molar-refractivity contribution is 7.14. The minimum Gasteiger partial charge on any atom is -0.488 e. The highest BCUT2D eigenvalue weighted by Crippen LogP contribution is 2.40. The molecule has 0 atom stereocenters. The van der Waals surface area contributed by atoms with E-state index in [4.69, 9.17) is 4.74 Å². The van der Waals surface area contributed by atoms with Crippen molar-refractivity contribution in [2.75, 3.05) is 0 Å². The molecule has 0 spiro atoms. The Labute approximate surface area is 158 Å². The summed E-state index contributed by atoms with van der Waals surface area (Å²) >= 11 is 1.77. The van der Waals surface area contributed by atoms with Crippen LogP contribution in [-0.4, -0.2) is 0 Å². The summed E-state index contributed by atoms with van der Waals surface area (Å²) < 4.78 is 6.16. The first-order valence-electron chi connectivity index (χ1n) is 8.72. The molecule has 1 heterocycles. The van der Waals surface area contributed by atoms with Crippen LogP contribution in [0, 0.1) is 6.92 Å². The van der Waals surface area contributed by atoms with Crippen molar-refractivity contribution in [3.63, 3.8) is 0 Å². The van der Waals surface area contributed by atoms with Gasteiger partial charge in [-0.2, -0.15) is 0 Å². The molecule has 0 fully saturated rings. The number of thiophene rings is 1. The topological polar surface area (TPSA) is 9.23 Å². The number of hydrogen-bond donors (Lipinski definition) is 0. The van der Waals surface area contributed by atoms with Gasteiger partial charge in [0.15, 0.2) is 0 Å². The molecule has 0 amide bonds. The molecule has 2 heteroatoms. The molecule has 0 saturated carbocycles. The Hall–Kier alpha value is -2.84. The molecular weight excluding hydrogens is 336 g/mol. The minimum absolute atomic E-state index is 0.571.